The van der Waals surface area contributed by atoms with E-state index in [-0.39, 0.29) is 23.7 Å². The minimum Gasteiger partial charge on any atom is -0.305 e. The molecule has 2 aromatic carbocycles. The first kappa shape index (κ1) is 17.3. The van der Waals surface area contributed by atoms with Gasteiger partial charge in [0, 0.05) is 30.1 Å². The van der Waals surface area contributed by atoms with E-state index < -0.39 is 0 Å². The topological polar surface area (TPSA) is 74.7 Å². The van der Waals surface area contributed by atoms with Crippen LogP contribution in [-0.2, 0) is 11.2 Å². The van der Waals surface area contributed by atoms with Crippen molar-refractivity contribution < 1.29 is 9.59 Å². The highest BCUT2D eigenvalue weighted by molar-refractivity contribution is 6.46. The lowest BCUT2D eigenvalue weighted by Crippen LogP contribution is -2.44. The Morgan fingerprint density at radius 2 is 1.79 bits per heavy atom. The lowest BCUT2D eigenvalue weighted by atomic mass is 9.96. The molecule has 1 unspecified atom stereocenters. The first-order chi connectivity index (χ1) is 14.2. The molecule has 0 bridgehead atoms. The molecule has 1 atom stereocenters. The zero-order valence-electron chi connectivity index (χ0n) is 15.6. The summed E-state index contributed by atoms with van der Waals surface area (Å²) >= 11 is 0. The van der Waals surface area contributed by atoms with Crippen LogP contribution in [0.4, 0.5) is 5.69 Å². The maximum absolute atomic E-state index is 13.3. The molecule has 2 aliphatic rings. The summed E-state index contributed by atoms with van der Waals surface area (Å²) in [5.74, 6) is -0.599. The second-order valence-electron chi connectivity index (χ2n) is 7.04. The third kappa shape index (κ3) is 2.99. The standard InChI is InChI=1S/C23H18N4O2/c28-22(17-9-12-24-13-10-17)26-21-23(29)27-14-11-16-7-4-8-18(20(16)27)19(25-21)15-5-2-1-3-6-15/h1-10,12-13,19H,11,14H2,(H,25,26,28). The monoisotopic (exact) mass is 382 g/mol. The van der Waals surface area contributed by atoms with Crippen LogP contribution in [0.2, 0.25) is 0 Å². The summed E-state index contributed by atoms with van der Waals surface area (Å²) in [6, 6.07) is 18.7. The Labute approximate surface area is 167 Å². The maximum Gasteiger partial charge on any atom is 0.293 e. The average molecular weight is 382 g/mol. The molecule has 0 saturated heterocycles. The molecule has 142 valence electrons. The van der Waals surface area contributed by atoms with Crippen molar-refractivity contribution in [1.29, 1.82) is 0 Å². The molecule has 0 radical (unpaired) electrons. The van der Waals surface area contributed by atoms with Crippen molar-refractivity contribution in [1.82, 2.24) is 10.3 Å². The van der Waals surface area contributed by atoms with E-state index >= 15 is 0 Å². The number of pyridine rings is 1. The molecule has 29 heavy (non-hydrogen) atoms. The summed E-state index contributed by atoms with van der Waals surface area (Å²) in [6.45, 7) is 0.580. The van der Waals surface area contributed by atoms with Gasteiger partial charge in [0.25, 0.3) is 11.8 Å². The Kier molecular flexibility index (Phi) is 4.17. The van der Waals surface area contributed by atoms with Crippen LogP contribution in [0.5, 0.6) is 0 Å². The molecule has 0 fully saturated rings. The number of hydrogen-bond acceptors (Lipinski definition) is 4. The van der Waals surface area contributed by atoms with Gasteiger partial charge in [0.2, 0.25) is 0 Å². The van der Waals surface area contributed by atoms with Crippen LogP contribution in [0.3, 0.4) is 0 Å². The normalized spacial score (nSPS) is 17.4. The van der Waals surface area contributed by atoms with E-state index in [0.29, 0.717) is 12.1 Å². The van der Waals surface area contributed by atoms with E-state index in [4.69, 9.17) is 4.99 Å². The van der Waals surface area contributed by atoms with E-state index in [0.717, 1.165) is 28.8 Å². The van der Waals surface area contributed by atoms with E-state index in [2.05, 4.69) is 16.4 Å². The third-order valence-electron chi connectivity index (χ3n) is 5.32. The third-order valence-corrected chi connectivity index (χ3v) is 5.32. The van der Waals surface area contributed by atoms with Gasteiger partial charge in [-0.2, -0.15) is 0 Å². The molecule has 6 nitrogen and oxygen atoms in total. The molecule has 3 aromatic rings. The fraction of sp³-hybridized carbons (Fsp3) is 0.130. The van der Waals surface area contributed by atoms with Gasteiger partial charge in [-0.15, -0.1) is 0 Å². The Morgan fingerprint density at radius 3 is 2.59 bits per heavy atom. The molecule has 0 aliphatic carbocycles. The summed E-state index contributed by atoms with van der Waals surface area (Å²) in [5.41, 5.74) is 4.43. The number of carbonyl (C=O) groups excluding carboxylic acids is 2. The summed E-state index contributed by atoms with van der Waals surface area (Å²) in [4.78, 5) is 36.4. The lowest BCUT2D eigenvalue weighted by Gasteiger charge is -2.19. The van der Waals surface area contributed by atoms with Crippen molar-refractivity contribution >= 4 is 23.3 Å². The maximum atomic E-state index is 13.3. The van der Waals surface area contributed by atoms with Gasteiger partial charge in [-0.25, -0.2) is 0 Å². The second kappa shape index (κ2) is 6.98. The molecule has 0 spiro atoms. The average Bonchev–Trinajstić information content (AvgIpc) is 3.17. The number of hydrogen-bond donors (Lipinski definition) is 1. The molecule has 5 rings (SSSR count). The molecule has 0 saturated carbocycles. The van der Waals surface area contributed by atoms with Gasteiger partial charge in [0.05, 0.1) is 5.69 Å². The number of benzene rings is 2. The fourth-order valence-corrected chi connectivity index (χ4v) is 3.95. The number of carbonyl (C=O) groups is 2. The number of aromatic nitrogens is 1. The Bertz CT molecular complexity index is 1130. The number of amidine groups is 1. The zero-order valence-corrected chi connectivity index (χ0v) is 15.6. The molecule has 1 N–H and O–H groups in total. The van der Waals surface area contributed by atoms with Crippen LogP contribution in [-0.4, -0.2) is 29.2 Å². The number of anilines is 1. The highest BCUT2D eigenvalue weighted by Gasteiger charge is 2.36. The minimum absolute atomic E-state index is 0.0599. The zero-order chi connectivity index (χ0) is 19.8. The Hall–Kier alpha value is -3.80. The SMILES string of the molecule is O=C(NC1=NC(c2ccccc2)c2cccc3c2N(CC3)C1=O)c1ccncc1. The minimum atomic E-state index is -0.378. The van der Waals surface area contributed by atoms with Crippen LogP contribution in [0.25, 0.3) is 0 Å². The fourth-order valence-electron chi connectivity index (χ4n) is 3.95. The molecular formula is C23H18N4O2. The predicted octanol–water partition coefficient (Wildman–Crippen LogP) is 2.90. The van der Waals surface area contributed by atoms with E-state index in [1.165, 1.54) is 0 Å². The van der Waals surface area contributed by atoms with Crippen LogP contribution < -0.4 is 10.2 Å². The van der Waals surface area contributed by atoms with Gasteiger partial charge in [-0.3, -0.25) is 19.6 Å². The molecule has 2 aliphatic heterocycles. The molecule has 1 aromatic heterocycles. The van der Waals surface area contributed by atoms with E-state index in [1.807, 2.05) is 42.5 Å². The van der Waals surface area contributed by atoms with E-state index in [9.17, 15) is 9.59 Å². The van der Waals surface area contributed by atoms with Gasteiger partial charge in [0.15, 0.2) is 5.84 Å². The van der Waals surface area contributed by atoms with Gasteiger partial charge in [-0.05, 0) is 29.7 Å². The number of rotatable bonds is 2. The summed E-state index contributed by atoms with van der Waals surface area (Å²) in [6.07, 6.45) is 3.88. The quantitative estimate of drug-likeness (QED) is 0.741. The van der Waals surface area contributed by atoms with Crippen LogP contribution in [0, 0.1) is 0 Å². The number of para-hydroxylation sites is 1. The highest BCUT2D eigenvalue weighted by atomic mass is 16.2. The first-order valence-corrected chi connectivity index (χ1v) is 9.50. The second-order valence-corrected chi connectivity index (χ2v) is 7.04. The lowest BCUT2D eigenvalue weighted by molar-refractivity contribution is -0.112. The van der Waals surface area contributed by atoms with Gasteiger partial charge >= 0.3 is 0 Å². The molecular weight excluding hydrogens is 364 g/mol. The highest BCUT2D eigenvalue weighted by Crippen LogP contribution is 2.41. The first-order valence-electron chi connectivity index (χ1n) is 9.50. The number of nitrogens with one attached hydrogen (secondary N) is 1. The predicted molar refractivity (Wildman–Crippen MR) is 110 cm³/mol. The van der Waals surface area contributed by atoms with Gasteiger partial charge in [-0.1, -0.05) is 48.5 Å². The van der Waals surface area contributed by atoms with Gasteiger partial charge in [0.1, 0.15) is 6.04 Å². The van der Waals surface area contributed by atoms with E-state index in [1.54, 1.807) is 29.4 Å². The molecule has 2 amide bonds. The van der Waals surface area contributed by atoms with Crippen molar-refractivity contribution in [2.75, 3.05) is 11.4 Å². The van der Waals surface area contributed by atoms with Crippen molar-refractivity contribution in [2.45, 2.75) is 12.5 Å². The van der Waals surface area contributed by atoms with Crippen LogP contribution in [0.15, 0.2) is 78.0 Å². The number of aliphatic imine (C=N–C) groups is 1. The van der Waals surface area contributed by atoms with Crippen LogP contribution >= 0.6 is 0 Å². The van der Waals surface area contributed by atoms with Crippen molar-refractivity contribution in [3.63, 3.8) is 0 Å². The summed E-state index contributed by atoms with van der Waals surface area (Å²) < 4.78 is 0. The Morgan fingerprint density at radius 1 is 1.00 bits per heavy atom. The summed E-state index contributed by atoms with van der Waals surface area (Å²) in [7, 11) is 0. The van der Waals surface area contributed by atoms with Crippen molar-refractivity contribution in [2.24, 2.45) is 4.99 Å². The smallest absolute Gasteiger partial charge is 0.293 e. The Balaban J connectivity index is 1.62. The number of nitrogens with zero attached hydrogens (tertiary/aromatic N) is 3. The van der Waals surface area contributed by atoms with Crippen molar-refractivity contribution in [3.05, 3.63) is 95.3 Å². The van der Waals surface area contributed by atoms with Crippen LogP contribution in [0.1, 0.15) is 33.1 Å². The van der Waals surface area contributed by atoms with Gasteiger partial charge < -0.3 is 10.2 Å². The number of amides is 2. The molecule has 6 heteroatoms. The molecule has 3 heterocycles. The van der Waals surface area contributed by atoms with Crippen molar-refractivity contribution in [3.8, 4) is 0 Å². The summed E-state index contributed by atoms with van der Waals surface area (Å²) in [5, 5.41) is 2.74. The largest absolute Gasteiger partial charge is 0.305 e.